The molecule has 1 nitrogen and oxygen atoms in total. The van der Waals surface area contributed by atoms with E-state index in [4.69, 9.17) is 4.74 Å². The van der Waals surface area contributed by atoms with Gasteiger partial charge < -0.3 is 4.74 Å². The summed E-state index contributed by atoms with van der Waals surface area (Å²) >= 11 is 0. The fraction of sp³-hybridized carbons (Fsp3) is 0.462. The van der Waals surface area contributed by atoms with E-state index in [2.05, 4.69) is 50.0 Å². The molecule has 0 atom stereocenters. The van der Waals surface area contributed by atoms with Crippen molar-refractivity contribution in [2.75, 3.05) is 6.61 Å². The van der Waals surface area contributed by atoms with Crippen LogP contribution in [0.1, 0.15) is 81.4 Å². The number of ether oxygens (including phenoxy) is 1. The average molecular weight is 361 g/mol. The Morgan fingerprint density at radius 2 is 1.41 bits per heavy atom. The molecule has 2 aromatic rings. The van der Waals surface area contributed by atoms with Gasteiger partial charge in [-0.15, -0.1) is 0 Å². The van der Waals surface area contributed by atoms with Gasteiger partial charge in [0, 0.05) is 11.1 Å². The van der Waals surface area contributed by atoms with Crippen molar-refractivity contribution < 1.29 is 4.74 Å². The quantitative estimate of drug-likeness (QED) is 0.400. The molecule has 142 valence electrons. The second kappa shape index (κ2) is 10.2. The van der Waals surface area contributed by atoms with Crippen molar-refractivity contribution in [2.24, 2.45) is 5.92 Å². The van der Waals surface area contributed by atoms with Crippen LogP contribution in [0.4, 0.5) is 0 Å². The molecule has 0 spiro atoms. The second-order valence-electron chi connectivity index (χ2n) is 7.72. The van der Waals surface area contributed by atoms with Gasteiger partial charge in [-0.3, -0.25) is 0 Å². The molecule has 0 radical (unpaired) electrons. The van der Waals surface area contributed by atoms with Gasteiger partial charge in [0.25, 0.3) is 0 Å². The van der Waals surface area contributed by atoms with Crippen LogP contribution < -0.4 is 4.74 Å². The summed E-state index contributed by atoms with van der Waals surface area (Å²) in [7, 11) is 0. The summed E-state index contributed by atoms with van der Waals surface area (Å²) in [5, 5.41) is 0. The monoisotopic (exact) mass is 360 g/mol. The van der Waals surface area contributed by atoms with Gasteiger partial charge >= 0.3 is 0 Å². The second-order valence-corrected chi connectivity index (χ2v) is 7.72. The first kappa shape index (κ1) is 19.6. The van der Waals surface area contributed by atoms with Gasteiger partial charge in [0.15, 0.2) is 0 Å². The van der Waals surface area contributed by atoms with E-state index >= 15 is 0 Å². The Bertz CT molecular complexity index is 738. The highest BCUT2D eigenvalue weighted by Crippen LogP contribution is 2.36. The molecular formula is C26H32O. The minimum Gasteiger partial charge on any atom is -0.494 e. The van der Waals surface area contributed by atoms with Crippen LogP contribution >= 0.6 is 0 Å². The van der Waals surface area contributed by atoms with Crippen LogP contribution in [0.3, 0.4) is 0 Å². The molecule has 1 heteroatoms. The first-order chi connectivity index (χ1) is 13.3. The Kier molecular flexibility index (Phi) is 7.40. The minimum atomic E-state index is 0.745. The van der Waals surface area contributed by atoms with Crippen molar-refractivity contribution >= 4 is 0 Å². The van der Waals surface area contributed by atoms with Crippen LogP contribution in [0.5, 0.6) is 5.75 Å². The maximum Gasteiger partial charge on any atom is 0.119 e. The van der Waals surface area contributed by atoms with Crippen LogP contribution in [-0.4, -0.2) is 6.61 Å². The maximum absolute atomic E-state index is 5.70. The van der Waals surface area contributed by atoms with Crippen LogP contribution in [0, 0.1) is 17.8 Å². The van der Waals surface area contributed by atoms with E-state index < -0.39 is 0 Å². The SMILES string of the molecule is CCCCOc1ccc(C#Cc2ccc([C@H]3CC[C@H](CC)CC3)cc2)cc1. The number of benzene rings is 2. The van der Waals surface area contributed by atoms with E-state index in [-0.39, 0.29) is 0 Å². The van der Waals surface area contributed by atoms with Crippen LogP contribution in [-0.2, 0) is 0 Å². The molecule has 1 fully saturated rings. The van der Waals surface area contributed by atoms with Crippen LogP contribution in [0.25, 0.3) is 0 Å². The third-order valence-electron chi connectivity index (χ3n) is 5.78. The van der Waals surface area contributed by atoms with Crippen molar-refractivity contribution in [1.82, 2.24) is 0 Å². The lowest BCUT2D eigenvalue weighted by Crippen LogP contribution is -2.12. The highest BCUT2D eigenvalue weighted by molar-refractivity contribution is 5.45. The zero-order chi connectivity index (χ0) is 18.9. The summed E-state index contributed by atoms with van der Waals surface area (Å²) in [5.74, 6) is 9.18. The molecule has 0 aromatic heterocycles. The Balaban J connectivity index is 1.56. The Hall–Kier alpha value is -2.20. The lowest BCUT2D eigenvalue weighted by Gasteiger charge is -2.28. The summed E-state index contributed by atoms with van der Waals surface area (Å²) in [6.45, 7) is 5.28. The van der Waals surface area contributed by atoms with Crippen LogP contribution in [0.2, 0.25) is 0 Å². The van der Waals surface area contributed by atoms with E-state index in [1.165, 1.54) is 37.7 Å². The molecule has 1 saturated carbocycles. The summed E-state index contributed by atoms with van der Waals surface area (Å²) in [6.07, 6.45) is 9.06. The molecule has 0 bridgehead atoms. The van der Waals surface area contributed by atoms with E-state index in [1.54, 1.807) is 0 Å². The van der Waals surface area contributed by atoms with Gasteiger partial charge in [-0.1, -0.05) is 50.7 Å². The molecule has 0 aliphatic heterocycles. The van der Waals surface area contributed by atoms with Crippen molar-refractivity contribution in [3.8, 4) is 17.6 Å². The highest BCUT2D eigenvalue weighted by atomic mass is 16.5. The molecule has 0 N–H and O–H groups in total. The molecule has 0 heterocycles. The Morgan fingerprint density at radius 1 is 0.815 bits per heavy atom. The van der Waals surface area contributed by atoms with E-state index in [9.17, 15) is 0 Å². The summed E-state index contributed by atoms with van der Waals surface area (Å²) in [5.41, 5.74) is 3.60. The molecule has 1 aliphatic rings. The predicted molar refractivity (Wildman–Crippen MR) is 114 cm³/mol. The number of rotatable bonds is 6. The normalized spacial score (nSPS) is 19.2. The minimum absolute atomic E-state index is 0.745. The Morgan fingerprint density at radius 3 is 1.96 bits per heavy atom. The molecule has 0 amide bonds. The van der Waals surface area contributed by atoms with Gasteiger partial charge in [-0.2, -0.15) is 0 Å². The van der Waals surface area contributed by atoms with Crippen molar-refractivity contribution in [3.05, 3.63) is 65.2 Å². The van der Waals surface area contributed by atoms with Gasteiger partial charge in [0.1, 0.15) is 5.75 Å². The van der Waals surface area contributed by atoms with Gasteiger partial charge in [-0.25, -0.2) is 0 Å². The van der Waals surface area contributed by atoms with Crippen molar-refractivity contribution in [2.45, 2.75) is 64.7 Å². The zero-order valence-electron chi connectivity index (χ0n) is 16.8. The molecule has 3 rings (SSSR count). The third kappa shape index (κ3) is 5.90. The number of hydrogen-bond donors (Lipinski definition) is 0. The zero-order valence-corrected chi connectivity index (χ0v) is 16.8. The van der Waals surface area contributed by atoms with E-state index in [1.807, 2.05) is 24.3 Å². The van der Waals surface area contributed by atoms with Gasteiger partial charge in [0.2, 0.25) is 0 Å². The molecular weight excluding hydrogens is 328 g/mol. The number of hydrogen-bond acceptors (Lipinski definition) is 1. The Labute approximate surface area is 165 Å². The third-order valence-corrected chi connectivity index (χ3v) is 5.78. The molecule has 1 aliphatic carbocycles. The van der Waals surface area contributed by atoms with Gasteiger partial charge in [0.05, 0.1) is 6.61 Å². The topological polar surface area (TPSA) is 9.23 Å². The maximum atomic E-state index is 5.70. The van der Waals surface area contributed by atoms with Gasteiger partial charge in [-0.05, 0) is 85.9 Å². The van der Waals surface area contributed by atoms with Crippen molar-refractivity contribution in [3.63, 3.8) is 0 Å². The van der Waals surface area contributed by atoms with Crippen LogP contribution in [0.15, 0.2) is 48.5 Å². The highest BCUT2D eigenvalue weighted by Gasteiger charge is 2.20. The summed E-state index contributed by atoms with van der Waals surface area (Å²) in [4.78, 5) is 0. The first-order valence-corrected chi connectivity index (χ1v) is 10.6. The molecule has 0 saturated heterocycles. The fourth-order valence-corrected chi connectivity index (χ4v) is 3.86. The molecule has 0 unspecified atom stereocenters. The largest absolute Gasteiger partial charge is 0.494 e. The van der Waals surface area contributed by atoms with E-state index in [0.29, 0.717) is 0 Å². The smallest absolute Gasteiger partial charge is 0.119 e. The average Bonchev–Trinajstić information content (AvgIpc) is 2.74. The number of unbranched alkanes of at least 4 members (excludes halogenated alkanes) is 1. The first-order valence-electron chi connectivity index (χ1n) is 10.6. The summed E-state index contributed by atoms with van der Waals surface area (Å²) in [6, 6.07) is 17.0. The van der Waals surface area contributed by atoms with E-state index in [0.717, 1.165) is 48.2 Å². The summed E-state index contributed by atoms with van der Waals surface area (Å²) < 4.78 is 5.70. The predicted octanol–water partition coefficient (Wildman–Crippen LogP) is 6.95. The molecule has 27 heavy (non-hydrogen) atoms. The lowest BCUT2D eigenvalue weighted by atomic mass is 9.78. The standard InChI is InChI=1S/C26H32O/c1-3-5-20-27-26-18-12-23(13-19-26)7-6-22-10-16-25(17-11-22)24-14-8-21(4-2)9-15-24/h10-13,16-19,21,24H,3-5,8-9,14-15,20H2,1-2H3/t21-,24-. The van der Waals surface area contributed by atoms with Crippen molar-refractivity contribution in [1.29, 1.82) is 0 Å². The lowest BCUT2D eigenvalue weighted by molar-refractivity contribution is 0.309. The fourth-order valence-electron chi connectivity index (χ4n) is 3.86. The molecule has 2 aromatic carbocycles.